The molecule has 1 aliphatic rings. The topological polar surface area (TPSA) is 73.9 Å². The van der Waals surface area contributed by atoms with Crippen LogP contribution in [0, 0.1) is 5.92 Å². The molecule has 2 heterocycles. The molecule has 0 saturated carbocycles. The SMILES string of the molecule is CCOC(=O)C1CCN(Cn2c(=O)oc3cc(OC)ccc32)CC1. The first-order chi connectivity index (χ1) is 11.6. The van der Waals surface area contributed by atoms with Gasteiger partial charge in [-0.15, -0.1) is 0 Å². The first-order valence-electron chi connectivity index (χ1n) is 8.18. The van der Waals surface area contributed by atoms with Gasteiger partial charge in [-0.05, 0) is 31.9 Å². The average Bonchev–Trinajstić information content (AvgIpc) is 2.90. The van der Waals surface area contributed by atoms with Crippen molar-refractivity contribution in [3.05, 3.63) is 28.7 Å². The summed E-state index contributed by atoms with van der Waals surface area (Å²) < 4.78 is 17.1. The predicted octanol–water partition coefficient (Wildman–Crippen LogP) is 1.84. The lowest BCUT2D eigenvalue weighted by atomic mass is 9.97. The minimum Gasteiger partial charge on any atom is -0.497 e. The molecule has 7 nitrogen and oxygen atoms in total. The highest BCUT2D eigenvalue weighted by Crippen LogP contribution is 2.22. The largest absolute Gasteiger partial charge is 0.497 e. The molecule has 1 fully saturated rings. The van der Waals surface area contributed by atoms with Crippen LogP contribution in [0.25, 0.3) is 11.1 Å². The Morgan fingerprint density at radius 2 is 2.08 bits per heavy atom. The number of oxazole rings is 1. The number of rotatable bonds is 5. The summed E-state index contributed by atoms with van der Waals surface area (Å²) in [6, 6.07) is 5.34. The van der Waals surface area contributed by atoms with Gasteiger partial charge >= 0.3 is 11.7 Å². The predicted molar refractivity (Wildman–Crippen MR) is 88.0 cm³/mol. The lowest BCUT2D eigenvalue weighted by Crippen LogP contribution is -2.39. The van der Waals surface area contributed by atoms with E-state index < -0.39 is 0 Å². The second-order valence-corrected chi connectivity index (χ2v) is 5.92. The molecule has 1 saturated heterocycles. The molecule has 1 aliphatic heterocycles. The number of methoxy groups -OCH3 is 1. The Balaban J connectivity index is 1.69. The van der Waals surface area contributed by atoms with E-state index >= 15 is 0 Å². The fraction of sp³-hybridized carbons (Fsp3) is 0.529. The van der Waals surface area contributed by atoms with Crippen LogP contribution in [0.1, 0.15) is 19.8 Å². The van der Waals surface area contributed by atoms with Gasteiger partial charge in [0, 0.05) is 19.2 Å². The van der Waals surface area contributed by atoms with Crippen molar-refractivity contribution in [3.8, 4) is 5.75 Å². The van der Waals surface area contributed by atoms with E-state index in [-0.39, 0.29) is 17.6 Å². The van der Waals surface area contributed by atoms with E-state index in [1.807, 2.05) is 13.0 Å². The van der Waals surface area contributed by atoms with Gasteiger partial charge < -0.3 is 13.9 Å². The number of ether oxygens (including phenoxy) is 2. The summed E-state index contributed by atoms with van der Waals surface area (Å²) in [7, 11) is 1.57. The van der Waals surface area contributed by atoms with Crippen molar-refractivity contribution >= 4 is 17.1 Å². The zero-order chi connectivity index (χ0) is 17.1. The summed E-state index contributed by atoms with van der Waals surface area (Å²) >= 11 is 0. The molecule has 7 heteroatoms. The van der Waals surface area contributed by atoms with Crippen LogP contribution in [-0.2, 0) is 16.2 Å². The Hall–Kier alpha value is -2.28. The van der Waals surface area contributed by atoms with Crippen molar-refractivity contribution in [2.24, 2.45) is 5.92 Å². The Bertz CT molecular complexity index is 771. The summed E-state index contributed by atoms with van der Waals surface area (Å²) in [5.41, 5.74) is 1.26. The van der Waals surface area contributed by atoms with Gasteiger partial charge in [-0.1, -0.05) is 0 Å². The van der Waals surface area contributed by atoms with Crippen LogP contribution >= 0.6 is 0 Å². The molecule has 0 N–H and O–H groups in total. The number of carbonyl (C=O) groups is 1. The second-order valence-electron chi connectivity index (χ2n) is 5.92. The highest BCUT2D eigenvalue weighted by molar-refractivity contribution is 5.74. The first-order valence-corrected chi connectivity index (χ1v) is 8.18. The number of carbonyl (C=O) groups excluding carboxylic acids is 1. The average molecular weight is 334 g/mol. The summed E-state index contributed by atoms with van der Waals surface area (Å²) in [5, 5.41) is 0. The molecular formula is C17H22N2O5. The highest BCUT2D eigenvalue weighted by Gasteiger charge is 2.26. The van der Waals surface area contributed by atoms with Crippen molar-refractivity contribution in [2.75, 3.05) is 26.8 Å². The normalized spacial score (nSPS) is 16.4. The molecule has 2 aromatic rings. The Morgan fingerprint density at radius 3 is 2.75 bits per heavy atom. The number of nitrogens with zero attached hydrogens (tertiary/aromatic N) is 2. The Kier molecular flexibility index (Phi) is 4.89. The number of likely N-dealkylation sites (tertiary alicyclic amines) is 1. The van der Waals surface area contributed by atoms with E-state index in [0.29, 0.717) is 24.6 Å². The summed E-state index contributed by atoms with van der Waals surface area (Å²) in [4.78, 5) is 26.1. The van der Waals surface area contributed by atoms with Crippen molar-refractivity contribution in [2.45, 2.75) is 26.4 Å². The minimum absolute atomic E-state index is 0.0386. The molecular weight excluding hydrogens is 312 g/mol. The van der Waals surface area contributed by atoms with E-state index in [1.54, 1.807) is 23.8 Å². The smallest absolute Gasteiger partial charge is 0.421 e. The molecule has 1 aromatic heterocycles. The van der Waals surface area contributed by atoms with Gasteiger partial charge in [-0.2, -0.15) is 0 Å². The standard InChI is InChI=1S/C17H22N2O5/c1-3-23-16(20)12-6-8-18(9-7-12)11-19-14-5-4-13(22-2)10-15(14)24-17(19)21/h4-5,10,12H,3,6-9,11H2,1-2H3. The van der Waals surface area contributed by atoms with E-state index in [2.05, 4.69) is 4.90 Å². The van der Waals surface area contributed by atoms with Crippen LogP contribution in [-0.4, -0.2) is 42.2 Å². The third-order valence-electron chi connectivity index (χ3n) is 4.42. The first kappa shape index (κ1) is 16.6. The molecule has 0 radical (unpaired) electrons. The lowest BCUT2D eigenvalue weighted by molar-refractivity contribution is -0.149. The van der Waals surface area contributed by atoms with Crippen LogP contribution in [0.2, 0.25) is 0 Å². The van der Waals surface area contributed by atoms with Crippen molar-refractivity contribution in [1.29, 1.82) is 0 Å². The third-order valence-corrected chi connectivity index (χ3v) is 4.42. The maximum atomic E-state index is 12.1. The molecule has 0 spiro atoms. The van der Waals surface area contributed by atoms with E-state index in [4.69, 9.17) is 13.9 Å². The Morgan fingerprint density at radius 1 is 1.33 bits per heavy atom. The molecule has 0 aliphatic carbocycles. The van der Waals surface area contributed by atoms with E-state index in [1.165, 1.54) is 0 Å². The van der Waals surface area contributed by atoms with Crippen LogP contribution < -0.4 is 10.5 Å². The van der Waals surface area contributed by atoms with Crippen molar-refractivity contribution in [3.63, 3.8) is 0 Å². The van der Waals surface area contributed by atoms with Crippen LogP contribution in [0.4, 0.5) is 0 Å². The zero-order valence-electron chi connectivity index (χ0n) is 14.0. The second kappa shape index (κ2) is 7.09. The maximum absolute atomic E-state index is 12.1. The molecule has 0 bridgehead atoms. The molecule has 130 valence electrons. The van der Waals surface area contributed by atoms with Crippen molar-refractivity contribution < 1.29 is 18.7 Å². The number of esters is 1. The molecule has 3 rings (SSSR count). The number of hydrogen-bond donors (Lipinski definition) is 0. The number of aromatic nitrogens is 1. The van der Waals surface area contributed by atoms with Crippen LogP contribution in [0.5, 0.6) is 5.75 Å². The molecule has 24 heavy (non-hydrogen) atoms. The third kappa shape index (κ3) is 3.31. The van der Waals surface area contributed by atoms with Crippen molar-refractivity contribution in [1.82, 2.24) is 9.47 Å². The molecule has 0 amide bonds. The van der Waals surface area contributed by atoms with Gasteiger partial charge in [-0.3, -0.25) is 14.3 Å². The molecule has 0 atom stereocenters. The molecule has 1 aromatic carbocycles. The number of fused-ring (bicyclic) bond motifs is 1. The molecule has 0 unspecified atom stereocenters. The van der Waals surface area contributed by atoms with Gasteiger partial charge in [0.2, 0.25) is 0 Å². The summed E-state index contributed by atoms with van der Waals surface area (Å²) in [5.74, 6) is 0.114. The van der Waals surface area contributed by atoms with Gasteiger partial charge in [-0.25, -0.2) is 4.79 Å². The van der Waals surface area contributed by atoms with Gasteiger partial charge in [0.05, 0.1) is 31.8 Å². The van der Waals surface area contributed by atoms with Gasteiger partial charge in [0.15, 0.2) is 5.58 Å². The van der Waals surface area contributed by atoms with Gasteiger partial charge in [0.25, 0.3) is 0 Å². The maximum Gasteiger partial charge on any atom is 0.421 e. The quantitative estimate of drug-likeness (QED) is 0.777. The minimum atomic E-state index is -0.384. The summed E-state index contributed by atoms with van der Waals surface area (Å²) in [6.45, 7) is 4.18. The van der Waals surface area contributed by atoms with E-state index in [9.17, 15) is 9.59 Å². The van der Waals surface area contributed by atoms with E-state index in [0.717, 1.165) is 31.4 Å². The van der Waals surface area contributed by atoms with Crippen LogP contribution in [0.15, 0.2) is 27.4 Å². The van der Waals surface area contributed by atoms with Gasteiger partial charge in [0.1, 0.15) is 5.75 Å². The zero-order valence-corrected chi connectivity index (χ0v) is 14.0. The fourth-order valence-electron chi connectivity index (χ4n) is 3.08. The Labute approximate surface area is 139 Å². The van der Waals surface area contributed by atoms with Crippen LogP contribution in [0.3, 0.4) is 0 Å². The lowest BCUT2D eigenvalue weighted by Gasteiger charge is -2.30. The number of hydrogen-bond acceptors (Lipinski definition) is 6. The monoisotopic (exact) mass is 334 g/mol. The fourth-order valence-corrected chi connectivity index (χ4v) is 3.08. The number of piperidine rings is 1. The number of benzene rings is 1. The highest BCUT2D eigenvalue weighted by atomic mass is 16.5. The summed E-state index contributed by atoms with van der Waals surface area (Å²) in [6.07, 6.45) is 1.49.